The van der Waals surface area contributed by atoms with Crippen LogP contribution in [0.4, 0.5) is 0 Å². The van der Waals surface area contributed by atoms with Crippen molar-refractivity contribution in [2.45, 2.75) is 31.4 Å². The fourth-order valence-corrected chi connectivity index (χ4v) is 6.02. The first-order chi connectivity index (χ1) is 13.4. The molecule has 0 radical (unpaired) electrons. The number of carboxylic acids is 1. The number of aromatic nitrogens is 1. The molecule has 2 aromatic rings. The standard InChI is InChI=1S/C19H23N3O4S2/c1-21(2)10-15-20-13(11-27-15)17(23)22-6-4-19(5-7-22)16-12(3-8-26-19)9-14(28-16)18(24)25/h9,11H,3-8,10H2,1-2H3,(H,24,25). The van der Waals surface area contributed by atoms with E-state index in [0.717, 1.165) is 28.4 Å². The highest BCUT2D eigenvalue weighted by atomic mass is 32.1. The monoisotopic (exact) mass is 421 g/mol. The summed E-state index contributed by atoms with van der Waals surface area (Å²) in [6, 6.07) is 1.78. The lowest BCUT2D eigenvalue weighted by Crippen LogP contribution is -2.48. The van der Waals surface area contributed by atoms with E-state index in [-0.39, 0.29) is 5.91 Å². The van der Waals surface area contributed by atoms with Crippen molar-refractivity contribution >= 4 is 34.6 Å². The molecule has 2 aromatic heterocycles. The van der Waals surface area contributed by atoms with E-state index < -0.39 is 11.6 Å². The van der Waals surface area contributed by atoms with Crippen LogP contribution >= 0.6 is 22.7 Å². The summed E-state index contributed by atoms with van der Waals surface area (Å²) in [5.74, 6) is -0.927. The van der Waals surface area contributed by atoms with E-state index in [2.05, 4.69) is 4.98 Å². The Morgan fingerprint density at radius 3 is 2.79 bits per heavy atom. The van der Waals surface area contributed by atoms with Gasteiger partial charge in [-0.1, -0.05) is 0 Å². The Morgan fingerprint density at radius 1 is 1.36 bits per heavy atom. The predicted octanol–water partition coefficient (Wildman–Crippen LogP) is 2.67. The van der Waals surface area contributed by atoms with Gasteiger partial charge >= 0.3 is 5.97 Å². The Hall–Kier alpha value is -1.81. The molecule has 4 rings (SSSR count). The second-order valence-corrected chi connectivity index (χ2v) is 9.51. The number of carboxylic acid groups (broad SMARTS) is 1. The Labute approximate surface area is 171 Å². The molecule has 1 N–H and O–H groups in total. The summed E-state index contributed by atoms with van der Waals surface area (Å²) in [6.07, 6.45) is 2.11. The van der Waals surface area contributed by atoms with Gasteiger partial charge in [0.25, 0.3) is 5.91 Å². The third kappa shape index (κ3) is 3.59. The fraction of sp³-hybridized carbons (Fsp3) is 0.526. The highest BCUT2D eigenvalue weighted by molar-refractivity contribution is 7.14. The van der Waals surface area contributed by atoms with Gasteiger partial charge in [0, 0.05) is 29.9 Å². The summed E-state index contributed by atoms with van der Waals surface area (Å²) in [5.41, 5.74) is 1.13. The molecule has 2 aliphatic rings. The van der Waals surface area contributed by atoms with Crippen molar-refractivity contribution in [3.63, 3.8) is 0 Å². The van der Waals surface area contributed by atoms with Gasteiger partial charge in [-0.3, -0.25) is 4.79 Å². The van der Waals surface area contributed by atoms with Crippen molar-refractivity contribution < 1.29 is 19.4 Å². The van der Waals surface area contributed by atoms with Crippen LogP contribution in [0.1, 0.15) is 48.5 Å². The Bertz CT molecular complexity index is 897. The maximum Gasteiger partial charge on any atom is 0.345 e. The van der Waals surface area contributed by atoms with E-state index in [1.807, 2.05) is 29.3 Å². The molecule has 1 fully saturated rings. The van der Waals surface area contributed by atoms with Gasteiger partial charge in [-0.05, 0) is 45.0 Å². The highest BCUT2D eigenvalue weighted by Crippen LogP contribution is 2.45. The van der Waals surface area contributed by atoms with Gasteiger partial charge in [0.15, 0.2) is 0 Å². The van der Waals surface area contributed by atoms with E-state index in [4.69, 9.17) is 4.74 Å². The van der Waals surface area contributed by atoms with Crippen LogP contribution in [-0.2, 0) is 23.3 Å². The lowest BCUT2D eigenvalue weighted by molar-refractivity contribution is -0.0906. The molecule has 0 aliphatic carbocycles. The third-order valence-corrected chi connectivity index (χ3v) is 7.45. The average Bonchev–Trinajstić information content (AvgIpc) is 3.29. The van der Waals surface area contributed by atoms with Crippen molar-refractivity contribution in [3.05, 3.63) is 37.5 Å². The number of piperidine rings is 1. The summed E-state index contributed by atoms with van der Waals surface area (Å²) in [7, 11) is 3.96. The Morgan fingerprint density at radius 2 is 2.11 bits per heavy atom. The van der Waals surface area contributed by atoms with Crippen LogP contribution in [0.15, 0.2) is 11.4 Å². The minimum Gasteiger partial charge on any atom is -0.477 e. The number of fused-ring (bicyclic) bond motifs is 2. The smallest absolute Gasteiger partial charge is 0.345 e. The van der Waals surface area contributed by atoms with Crippen molar-refractivity contribution in [3.8, 4) is 0 Å². The zero-order valence-electron chi connectivity index (χ0n) is 15.9. The number of carbonyl (C=O) groups excluding carboxylic acids is 1. The minimum atomic E-state index is -0.890. The number of thiophene rings is 1. The molecule has 9 heteroatoms. The molecule has 2 aliphatic heterocycles. The number of rotatable bonds is 4. The maximum atomic E-state index is 12.8. The molecule has 1 spiro atoms. The lowest BCUT2D eigenvalue weighted by atomic mass is 9.85. The van der Waals surface area contributed by atoms with Crippen LogP contribution < -0.4 is 0 Å². The van der Waals surface area contributed by atoms with Gasteiger partial charge in [-0.25, -0.2) is 9.78 Å². The van der Waals surface area contributed by atoms with Crippen molar-refractivity contribution in [1.82, 2.24) is 14.8 Å². The van der Waals surface area contributed by atoms with Gasteiger partial charge in [0.2, 0.25) is 0 Å². The van der Waals surface area contributed by atoms with Crippen molar-refractivity contribution in [2.24, 2.45) is 0 Å². The van der Waals surface area contributed by atoms with E-state index in [1.54, 1.807) is 6.07 Å². The normalized spacial score (nSPS) is 18.5. The van der Waals surface area contributed by atoms with Crippen molar-refractivity contribution in [2.75, 3.05) is 33.8 Å². The van der Waals surface area contributed by atoms with Gasteiger partial charge in [0.1, 0.15) is 21.2 Å². The number of aromatic carboxylic acids is 1. The van der Waals surface area contributed by atoms with E-state index in [0.29, 0.717) is 43.1 Å². The largest absolute Gasteiger partial charge is 0.477 e. The first kappa shape index (κ1) is 19.5. The van der Waals surface area contributed by atoms with Crippen LogP contribution in [0.3, 0.4) is 0 Å². The molecular weight excluding hydrogens is 398 g/mol. The van der Waals surface area contributed by atoms with Crippen LogP contribution in [0.5, 0.6) is 0 Å². The predicted molar refractivity (Wildman–Crippen MR) is 107 cm³/mol. The molecule has 0 saturated carbocycles. The summed E-state index contributed by atoms with van der Waals surface area (Å²) >= 11 is 2.83. The molecule has 28 heavy (non-hydrogen) atoms. The molecule has 7 nitrogen and oxygen atoms in total. The zero-order chi connectivity index (χ0) is 19.9. The molecule has 0 atom stereocenters. The topological polar surface area (TPSA) is 83.0 Å². The third-order valence-electron chi connectivity index (χ3n) is 5.26. The highest BCUT2D eigenvalue weighted by Gasteiger charge is 2.43. The Balaban J connectivity index is 1.47. The van der Waals surface area contributed by atoms with Crippen molar-refractivity contribution in [1.29, 1.82) is 0 Å². The lowest BCUT2D eigenvalue weighted by Gasteiger charge is -2.43. The summed E-state index contributed by atoms with van der Waals surface area (Å²) in [6.45, 7) is 2.48. The molecule has 1 amide bonds. The fourth-order valence-electron chi connectivity index (χ4n) is 3.88. The summed E-state index contributed by atoms with van der Waals surface area (Å²) in [4.78, 5) is 34.0. The number of carbonyl (C=O) groups is 2. The molecular formula is C19H23N3O4S2. The van der Waals surface area contributed by atoms with E-state index >= 15 is 0 Å². The quantitative estimate of drug-likeness (QED) is 0.817. The molecule has 150 valence electrons. The van der Waals surface area contributed by atoms with Crippen LogP contribution in [0.2, 0.25) is 0 Å². The maximum absolute atomic E-state index is 12.8. The van der Waals surface area contributed by atoms with Gasteiger partial charge in [-0.15, -0.1) is 22.7 Å². The minimum absolute atomic E-state index is 0.0375. The number of ether oxygens (including phenoxy) is 1. The molecule has 0 bridgehead atoms. The second-order valence-electron chi connectivity index (χ2n) is 7.52. The SMILES string of the molecule is CN(C)Cc1nc(C(=O)N2CCC3(CC2)OCCc2cc(C(=O)O)sc23)cs1. The Kier molecular flexibility index (Phi) is 5.26. The number of hydrogen-bond acceptors (Lipinski definition) is 7. The van der Waals surface area contributed by atoms with Gasteiger partial charge in [-0.2, -0.15) is 0 Å². The zero-order valence-corrected chi connectivity index (χ0v) is 17.6. The number of likely N-dealkylation sites (tertiary alicyclic amines) is 1. The number of amides is 1. The first-order valence-corrected chi connectivity index (χ1v) is 11.0. The second kappa shape index (κ2) is 7.55. The van der Waals surface area contributed by atoms with Gasteiger partial charge in [0.05, 0.1) is 6.61 Å². The van der Waals surface area contributed by atoms with Crippen LogP contribution in [0.25, 0.3) is 0 Å². The summed E-state index contributed by atoms with van der Waals surface area (Å²) < 4.78 is 6.17. The first-order valence-electron chi connectivity index (χ1n) is 9.27. The molecule has 0 aromatic carbocycles. The molecule has 1 saturated heterocycles. The number of nitrogens with zero attached hydrogens (tertiary/aromatic N) is 3. The average molecular weight is 422 g/mol. The summed E-state index contributed by atoms with van der Waals surface area (Å²) in [5, 5.41) is 12.1. The molecule has 0 unspecified atom stereocenters. The van der Waals surface area contributed by atoms with E-state index in [9.17, 15) is 14.7 Å². The van der Waals surface area contributed by atoms with Gasteiger partial charge < -0.3 is 19.6 Å². The van der Waals surface area contributed by atoms with Crippen LogP contribution in [-0.4, -0.2) is 65.6 Å². The number of thiazole rings is 1. The van der Waals surface area contributed by atoms with E-state index in [1.165, 1.54) is 22.7 Å². The number of hydrogen-bond donors (Lipinski definition) is 1. The van der Waals surface area contributed by atoms with Crippen LogP contribution in [0, 0.1) is 0 Å². The molecule has 4 heterocycles.